The summed E-state index contributed by atoms with van der Waals surface area (Å²) >= 11 is 0. The van der Waals surface area contributed by atoms with Crippen LogP contribution in [-0.2, 0) is 21.5 Å². The van der Waals surface area contributed by atoms with Crippen molar-refractivity contribution in [1.82, 2.24) is 15.5 Å². The minimum atomic E-state index is -0.434. The number of ether oxygens (including phenoxy) is 2. The van der Waals surface area contributed by atoms with Crippen LogP contribution in [0.2, 0.25) is 0 Å². The maximum atomic E-state index is 5.94. The van der Waals surface area contributed by atoms with Crippen LogP contribution >= 0.6 is 0 Å². The maximum Gasteiger partial charge on any atom is 0.228 e. The largest absolute Gasteiger partial charge is 0.381 e. The van der Waals surface area contributed by atoms with E-state index in [1.54, 1.807) is 0 Å². The second-order valence-corrected chi connectivity index (χ2v) is 5.21. The Morgan fingerprint density at radius 1 is 1.35 bits per heavy atom. The molecule has 1 atom stereocenters. The van der Waals surface area contributed by atoms with Crippen LogP contribution in [0, 0.1) is 0 Å². The van der Waals surface area contributed by atoms with Crippen molar-refractivity contribution in [3.8, 4) is 0 Å². The highest BCUT2D eigenvalue weighted by atomic mass is 16.5. The van der Waals surface area contributed by atoms with E-state index >= 15 is 0 Å². The van der Waals surface area contributed by atoms with Crippen molar-refractivity contribution in [3.63, 3.8) is 0 Å². The van der Waals surface area contributed by atoms with Crippen molar-refractivity contribution >= 4 is 0 Å². The Hall–Kier alpha value is -0.980. The Labute approximate surface area is 120 Å². The lowest BCUT2D eigenvalue weighted by Gasteiger charge is -2.33. The first-order valence-electron chi connectivity index (χ1n) is 7.48. The van der Waals surface area contributed by atoms with Crippen LogP contribution in [0.25, 0.3) is 0 Å². The van der Waals surface area contributed by atoms with Crippen molar-refractivity contribution in [2.24, 2.45) is 0 Å². The number of nitrogens with one attached hydrogen (secondary N) is 1. The van der Waals surface area contributed by atoms with Crippen molar-refractivity contribution in [1.29, 1.82) is 0 Å². The molecular weight excluding hydrogens is 258 g/mol. The third-order valence-electron chi connectivity index (χ3n) is 3.63. The zero-order chi connectivity index (χ0) is 14.4. The first kappa shape index (κ1) is 15.4. The molecule has 2 heterocycles. The first-order valence-corrected chi connectivity index (χ1v) is 7.48. The fourth-order valence-corrected chi connectivity index (χ4v) is 2.62. The second kappa shape index (κ2) is 7.15. The van der Waals surface area contributed by atoms with Gasteiger partial charge in [-0.2, -0.15) is 4.98 Å². The van der Waals surface area contributed by atoms with Crippen molar-refractivity contribution < 1.29 is 14.0 Å². The zero-order valence-corrected chi connectivity index (χ0v) is 12.6. The van der Waals surface area contributed by atoms with Gasteiger partial charge in [-0.1, -0.05) is 12.1 Å². The number of rotatable bonds is 7. The van der Waals surface area contributed by atoms with Gasteiger partial charge in [-0.3, -0.25) is 0 Å². The lowest BCUT2D eigenvalue weighted by molar-refractivity contribution is -0.118. The molecule has 0 bridgehead atoms. The molecule has 1 saturated heterocycles. The molecule has 20 heavy (non-hydrogen) atoms. The van der Waals surface area contributed by atoms with Gasteiger partial charge in [-0.25, -0.2) is 0 Å². The average molecular weight is 283 g/mol. The molecule has 0 amide bonds. The molecule has 6 heteroatoms. The van der Waals surface area contributed by atoms with Crippen LogP contribution in [0.4, 0.5) is 0 Å². The predicted molar refractivity (Wildman–Crippen MR) is 74.5 cm³/mol. The summed E-state index contributed by atoms with van der Waals surface area (Å²) in [5, 5.41) is 7.49. The van der Waals surface area contributed by atoms with E-state index in [2.05, 4.69) is 29.3 Å². The van der Waals surface area contributed by atoms with Crippen LogP contribution in [0.15, 0.2) is 4.52 Å². The van der Waals surface area contributed by atoms with E-state index in [1.165, 1.54) is 0 Å². The van der Waals surface area contributed by atoms with Gasteiger partial charge in [0.15, 0.2) is 0 Å². The minimum Gasteiger partial charge on any atom is -0.381 e. The fraction of sp³-hybridized carbons (Fsp3) is 0.857. The summed E-state index contributed by atoms with van der Waals surface area (Å²) in [5.74, 6) is 1.33. The second-order valence-electron chi connectivity index (χ2n) is 5.21. The highest BCUT2D eigenvalue weighted by Crippen LogP contribution is 2.34. The van der Waals surface area contributed by atoms with Crippen molar-refractivity contribution in [3.05, 3.63) is 11.7 Å². The number of hydrogen-bond donors (Lipinski definition) is 1. The summed E-state index contributed by atoms with van der Waals surface area (Å²) in [4.78, 5) is 4.55. The zero-order valence-electron chi connectivity index (χ0n) is 12.6. The van der Waals surface area contributed by atoms with Crippen LogP contribution in [0.3, 0.4) is 0 Å². The minimum absolute atomic E-state index is 0.325. The molecule has 1 fully saturated rings. The highest BCUT2D eigenvalue weighted by molar-refractivity contribution is 5.03. The van der Waals surface area contributed by atoms with E-state index < -0.39 is 5.60 Å². The molecule has 0 spiro atoms. The smallest absolute Gasteiger partial charge is 0.228 e. The van der Waals surface area contributed by atoms with E-state index in [4.69, 9.17) is 14.0 Å². The lowest BCUT2D eigenvalue weighted by atomic mass is 9.93. The van der Waals surface area contributed by atoms with Gasteiger partial charge >= 0.3 is 0 Å². The monoisotopic (exact) mass is 283 g/mol. The number of aromatic nitrogens is 2. The predicted octanol–water partition coefficient (Wildman–Crippen LogP) is 1.65. The van der Waals surface area contributed by atoms with Crippen LogP contribution in [-0.4, -0.2) is 42.5 Å². The quantitative estimate of drug-likeness (QED) is 0.820. The molecule has 1 aliphatic heterocycles. The molecule has 0 radical (unpaired) electrons. The lowest BCUT2D eigenvalue weighted by Crippen LogP contribution is -2.37. The summed E-state index contributed by atoms with van der Waals surface area (Å²) in [5.41, 5.74) is -0.434. The van der Waals surface area contributed by atoms with Gasteiger partial charge in [0.05, 0.1) is 0 Å². The summed E-state index contributed by atoms with van der Waals surface area (Å²) in [6.07, 6.45) is 2.30. The molecule has 0 aromatic carbocycles. The molecule has 114 valence electrons. The van der Waals surface area contributed by atoms with E-state index in [0.717, 1.165) is 25.8 Å². The van der Waals surface area contributed by atoms with E-state index in [9.17, 15) is 0 Å². The first-order chi connectivity index (χ1) is 9.70. The standard InChI is InChI=1S/C14H25N3O3/c1-4-15-11(3)10-12-16-13(17-20-12)14(19-5-2)6-8-18-9-7-14/h11,15H,4-10H2,1-3H3. The number of nitrogens with zero attached hydrogens (tertiary/aromatic N) is 2. The van der Waals surface area contributed by atoms with E-state index in [0.29, 0.717) is 37.6 Å². The van der Waals surface area contributed by atoms with Crippen molar-refractivity contribution in [2.75, 3.05) is 26.4 Å². The Morgan fingerprint density at radius 3 is 2.75 bits per heavy atom. The summed E-state index contributed by atoms with van der Waals surface area (Å²) in [6, 6.07) is 0.325. The van der Waals surface area contributed by atoms with Gasteiger partial charge in [0.25, 0.3) is 0 Å². The Kier molecular flexibility index (Phi) is 5.51. The summed E-state index contributed by atoms with van der Waals surface area (Å²) < 4.78 is 16.7. The molecule has 0 saturated carbocycles. The van der Waals surface area contributed by atoms with Crippen LogP contribution in [0.1, 0.15) is 45.3 Å². The number of likely N-dealkylation sites (N-methyl/N-ethyl adjacent to an activating group) is 1. The molecule has 1 aliphatic rings. The Morgan fingerprint density at radius 2 is 2.10 bits per heavy atom. The van der Waals surface area contributed by atoms with Gasteiger partial charge in [-0.05, 0) is 20.4 Å². The van der Waals surface area contributed by atoms with Gasteiger partial charge in [0, 0.05) is 45.1 Å². The topological polar surface area (TPSA) is 69.4 Å². The number of hydrogen-bond acceptors (Lipinski definition) is 6. The van der Waals surface area contributed by atoms with Gasteiger partial charge in [-0.15, -0.1) is 0 Å². The molecule has 1 aromatic heterocycles. The van der Waals surface area contributed by atoms with E-state index in [1.807, 2.05) is 6.92 Å². The van der Waals surface area contributed by atoms with Crippen molar-refractivity contribution in [2.45, 2.75) is 51.7 Å². The van der Waals surface area contributed by atoms with Crippen LogP contribution < -0.4 is 5.32 Å². The Bertz CT molecular complexity index is 397. The highest BCUT2D eigenvalue weighted by Gasteiger charge is 2.39. The Balaban J connectivity index is 2.08. The van der Waals surface area contributed by atoms with E-state index in [-0.39, 0.29) is 0 Å². The molecule has 0 aliphatic carbocycles. The normalized spacial score (nSPS) is 19.9. The molecule has 2 rings (SSSR count). The third kappa shape index (κ3) is 3.56. The third-order valence-corrected chi connectivity index (χ3v) is 3.63. The van der Waals surface area contributed by atoms with Crippen LogP contribution in [0.5, 0.6) is 0 Å². The SMILES string of the molecule is CCNC(C)Cc1nc(C2(OCC)CCOCC2)no1. The molecule has 1 aromatic rings. The van der Waals surface area contributed by atoms with Gasteiger partial charge in [0.1, 0.15) is 5.60 Å². The summed E-state index contributed by atoms with van der Waals surface area (Å²) in [7, 11) is 0. The fourth-order valence-electron chi connectivity index (χ4n) is 2.62. The summed E-state index contributed by atoms with van der Waals surface area (Å²) in [6.45, 7) is 9.11. The molecule has 6 nitrogen and oxygen atoms in total. The molecular formula is C14H25N3O3. The average Bonchev–Trinajstić information content (AvgIpc) is 2.89. The van der Waals surface area contributed by atoms with Gasteiger partial charge in [0.2, 0.25) is 11.7 Å². The maximum absolute atomic E-state index is 5.94. The van der Waals surface area contributed by atoms with Gasteiger partial charge < -0.3 is 19.3 Å². The molecule has 1 N–H and O–H groups in total. The molecule has 1 unspecified atom stereocenters.